The second-order valence-electron chi connectivity index (χ2n) is 4.75. The van der Waals surface area contributed by atoms with Crippen molar-refractivity contribution in [1.82, 2.24) is 4.90 Å². The molecular formula is C14H19BrN2O. The largest absolute Gasteiger partial charge is 0.376 e. The molecule has 0 aliphatic carbocycles. The molecule has 1 amide bonds. The van der Waals surface area contributed by atoms with Gasteiger partial charge in [0, 0.05) is 23.2 Å². The van der Waals surface area contributed by atoms with E-state index in [2.05, 4.69) is 21.2 Å². The van der Waals surface area contributed by atoms with Crippen LogP contribution in [0.2, 0.25) is 0 Å². The van der Waals surface area contributed by atoms with Gasteiger partial charge in [0.1, 0.15) is 0 Å². The fraction of sp³-hybridized carbons (Fsp3) is 0.500. The first-order chi connectivity index (χ1) is 8.66. The van der Waals surface area contributed by atoms with Crippen LogP contribution in [-0.4, -0.2) is 30.4 Å². The smallest absolute Gasteiger partial charge is 0.241 e. The van der Waals surface area contributed by atoms with Crippen LogP contribution in [-0.2, 0) is 4.79 Å². The number of likely N-dealkylation sites (tertiary alicyclic amines) is 1. The van der Waals surface area contributed by atoms with Crippen LogP contribution in [0, 0.1) is 6.92 Å². The number of anilines is 1. The minimum absolute atomic E-state index is 0.206. The summed E-state index contributed by atoms with van der Waals surface area (Å²) in [5.74, 6) is 0.206. The Morgan fingerprint density at radius 3 is 2.72 bits per heavy atom. The summed E-state index contributed by atoms with van der Waals surface area (Å²) in [4.78, 5) is 14.0. The number of carbonyl (C=O) groups is 1. The lowest BCUT2D eigenvalue weighted by molar-refractivity contribution is -0.130. The van der Waals surface area contributed by atoms with Gasteiger partial charge in [0.15, 0.2) is 0 Å². The zero-order valence-corrected chi connectivity index (χ0v) is 12.3. The van der Waals surface area contributed by atoms with Crippen LogP contribution in [0.4, 0.5) is 5.69 Å². The first kappa shape index (κ1) is 13.4. The number of hydrogen-bond acceptors (Lipinski definition) is 2. The van der Waals surface area contributed by atoms with Gasteiger partial charge in [0.25, 0.3) is 0 Å². The van der Waals surface area contributed by atoms with Crippen LogP contribution in [0.5, 0.6) is 0 Å². The summed E-state index contributed by atoms with van der Waals surface area (Å²) in [5.41, 5.74) is 2.18. The molecule has 0 aromatic heterocycles. The predicted molar refractivity (Wildman–Crippen MR) is 77.8 cm³/mol. The van der Waals surface area contributed by atoms with Crippen LogP contribution in [0.1, 0.15) is 24.8 Å². The van der Waals surface area contributed by atoms with Crippen molar-refractivity contribution in [2.75, 3.05) is 25.0 Å². The van der Waals surface area contributed by atoms with E-state index in [4.69, 9.17) is 0 Å². The Morgan fingerprint density at radius 2 is 2.06 bits per heavy atom. The summed E-state index contributed by atoms with van der Waals surface area (Å²) in [6.45, 7) is 4.26. The Labute approximate surface area is 117 Å². The van der Waals surface area contributed by atoms with Gasteiger partial charge in [-0.1, -0.05) is 15.9 Å². The van der Waals surface area contributed by atoms with Crippen molar-refractivity contribution in [3.63, 3.8) is 0 Å². The number of nitrogens with zero attached hydrogens (tertiary/aromatic N) is 1. The molecule has 1 heterocycles. The number of aryl methyl sites for hydroxylation is 1. The molecule has 4 heteroatoms. The van der Waals surface area contributed by atoms with E-state index in [1.807, 2.05) is 30.0 Å². The highest BCUT2D eigenvalue weighted by atomic mass is 79.9. The normalized spacial score (nSPS) is 15.6. The Hall–Kier alpha value is -1.03. The second kappa shape index (κ2) is 6.23. The fourth-order valence-electron chi connectivity index (χ4n) is 2.25. The van der Waals surface area contributed by atoms with E-state index in [1.54, 1.807) is 0 Å². The molecular weight excluding hydrogens is 292 g/mol. The van der Waals surface area contributed by atoms with Crippen molar-refractivity contribution in [2.45, 2.75) is 26.2 Å². The monoisotopic (exact) mass is 310 g/mol. The molecule has 1 fully saturated rings. The molecule has 2 rings (SSSR count). The molecule has 1 aromatic carbocycles. The van der Waals surface area contributed by atoms with Crippen molar-refractivity contribution < 1.29 is 4.79 Å². The van der Waals surface area contributed by atoms with Gasteiger partial charge in [0.2, 0.25) is 5.91 Å². The summed E-state index contributed by atoms with van der Waals surface area (Å²) >= 11 is 3.44. The third-order valence-corrected chi connectivity index (χ3v) is 3.82. The Bertz CT molecular complexity index is 428. The van der Waals surface area contributed by atoms with Crippen LogP contribution in [0.3, 0.4) is 0 Å². The zero-order chi connectivity index (χ0) is 13.0. The van der Waals surface area contributed by atoms with Gasteiger partial charge in [-0.05, 0) is 49.9 Å². The number of amides is 1. The molecule has 0 saturated carbocycles. The Balaban J connectivity index is 1.88. The zero-order valence-electron chi connectivity index (χ0n) is 10.7. The van der Waals surface area contributed by atoms with E-state index in [-0.39, 0.29) is 5.91 Å². The molecule has 0 radical (unpaired) electrons. The van der Waals surface area contributed by atoms with Crippen molar-refractivity contribution in [3.8, 4) is 0 Å². The number of rotatable bonds is 3. The topological polar surface area (TPSA) is 32.3 Å². The molecule has 3 nitrogen and oxygen atoms in total. The van der Waals surface area contributed by atoms with Gasteiger partial charge in [-0.15, -0.1) is 0 Å². The van der Waals surface area contributed by atoms with Gasteiger partial charge >= 0.3 is 0 Å². The summed E-state index contributed by atoms with van der Waals surface area (Å²) in [6, 6.07) is 6.04. The molecule has 0 spiro atoms. The van der Waals surface area contributed by atoms with Crippen molar-refractivity contribution in [3.05, 3.63) is 28.2 Å². The minimum Gasteiger partial charge on any atom is -0.376 e. The molecule has 1 aromatic rings. The fourth-order valence-corrected chi connectivity index (χ4v) is 2.73. The maximum Gasteiger partial charge on any atom is 0.241 e. The summed E-state index contributed by atoms with van der Waals surface area (Å²) < 4.78 is 1.06. The Kier molecular flexibility index (Phi) is 4.64. The van der Waals surface area contributed by atoms with Crippen molar-refractivity contribution in [2.24, 2.45) is 0 Å². The van der Waals surface area contributed by atoms with Crippen LogP contribution in [0.15, 0.2) is 22.7 Å². The SMILES string of the molecule is Cc1cc(Br)ccc1NCC(=O)N1CCCCC1. The highest BCUT2D eigenvalue weighted by molar-refractivity contribution is 9.10. The van der Waals surface area contributed by atoms with Crippen molar-refractivity contribution in [1.29, 1.82) is 0 Å². The lowest BCUT2D eigenvalue weighted by Crippen LogP contribution is -2.39. The number of benzene rings is 1. The van der Waals surface area contributed by atoms with Gasteiger partial charge in [-0.2, -0.15) is 0 Å². The maximum absolute atomic E-state index is 12.0. The van der Waals surface area contributed by atoms with E-state index >= 15 is 0 Å². The van der Waals surface area contributed by atoms with Crippen LogP contribution < -0.4 is 5.32 Å². The van der Waals surface area contributed by atoms with E-state index in [0.717, 1.165) is 41.7 Å². The molecule has 1 aliphatic rings. The average Bonchev–Trinajstić information content (AvgIpc) is 2.38. The third kappa shape index (κ3) is 3.48. The lowest BCUT2D eigenvalue weighted by Gasteiger charge is -2.27. The van der Waals surface area contributed by atoms with E-state index < -0.39 is 0 Å². The number of halogens is 1. The maximum atomic E-state index is 12.0. The van der Waals surface area contributed by atoms with Gasteiger partial charge in [-0.3, -0.25) is 4.79 Å². The first-order valence-corrected chi connectivity index (χ1v) is 7.24. The molecule has 1 aliphatic heterocycles. The standard InChI is InChI=1S/C14H19BrN2O/c1-11-9-12(15)5-6-13(11)16-10-14(18)17-7-3-2-4-8-17/h5-6,9,16H,2-4,7-8,10H2,1H3. The molecule has 98 valence electrons. The number of hydrogen-bond donors (Lipinski definition) is 1. The molecule has 0 unspecified atom stereocenters. The predicted octanol–water partition coefficient (Wildman–Crippen LogP) is 3.18. The summed E-state index contributed by atoms with van der Waals surface area (Å²) in [7, 11) is 0. The molecule has 1 saturated heterocycles. The number of nitrogens with one attached hydrogen (secondary N) is 1. The first-order valence-electron chi connectivity index (χ1n) is 6.44. The van der Waals surface area contributed by atoms with Crippen molar-refractivity contribution >= 4 is 27.5 Å². The Morgan fingerprint density at radius 1 is 1.33 bits per heavy atom. The summed E-state index contributed by atoms with van der Waals surface area (Å²) in [6.07, 6.45) is 3.54. The van der Waals surface area contributed by atoms with Gasteiger partial charge in [0.05, 0.1) is 6.54 Å². The van der Waals surface area contributed by atoms with Gasteiger partial charge < -0.3 is 10.2 Å². The van der Waals surface area contributed by atoms with Crippen LogP contribution >= 0.6 is 15.9 Å². The van der Waals surface area contributed by atoms with E-state index in [0.29, 0.717) is 6.54 Å². The quantitative estimate of drug-likeness (QED) is 0.930. The second-order valence-corrected chi connectivity index (χ2v) is 5.67. The molecule has 1 N–H and O–H groups in total. The van der Waals surface area contributed by atoms with E-state index in [9.17, 15) is 4.79 Å². The van der Waals surface area contributed by atoms with Crippen LogP contribution in [0.25, 0.3) is 0 Å². The van der Waals surface area contributed by atoms with Gasteiger partial charge in [-0.25, -0.2) is 0 Å². The minimum atomic E-state index is 0.206. The van der Waals surface area contributed by atoms with E-state index in [1.165, 1.54) is 6.42 Å². The molecule has 0 bridgehead atoms. The third-order valence-electron chi connectivity index (χ3n) is 3.33. The molecule has 0 atom stereocenters. The highest BCUT2D eigenvalue weighted by Crippen LogP contribution is 2.20. The number of piperidine rings is 1. The lowest BCUT2D eigenvalue weighted by atomic mass is 10.1. The highest BCUT2D eigenvalue weighted by Gasteiger charge is 2.15. The summed E-state index contributed by atoms with van der Waals surface area (Å²) in [5, 5.41) is 3.23. The number of carbonyl (C=O) groups excluding carboxylic acids is 1. The molecule has 18 heavy (non-hydrogen) atoms. The average molecular weight is 311 g/mol.